The summed E-state index contributed by atoms with van der Waals surface area (Å²) >= 11 is 0. The van der Waals surface area contributed by atoms with Crippen LogP contribution in [0.25, 0.3) is 0 Å². The predicted octanol–water partition coefficient (Wildman–Crippen LogP) is 6.93. The van der Waals surface area contributed by atoms with Crippen LogP contribution in [-0.4, -0.2) is 23.3 Å². The number of aliphatic hydroxyl groups is 1. The van der Waals surface area contributed by atoms with Gasteiger partial charge in [0.05, 0.1) is 6.10 Å². The summed E-state index contributed by atoms with van der Waals surface area (Å²) < 4.78 is 5.60. The van der Waals surface area contributed by atoms with Crippen molar-refractivity contribution in [2.75, 3.05) is 0 Å². The van der Waals surface area contributed by atoms with Crippen molar-refractivity contribution in [3.05, 3.63) is 11.6 Å². The summed E-state index contributed by atoms with van der Waals surface area (Å²) in [4.78, 5) is 11.5. The third-order valence-corrected chi connectivity index (χ3v) is 10.7. The van der Waals surface area contributed by atoms with E-state index in [0.717, 1.165) is 49.9 Å². The second-order valence-electron chi connectivity index (χ2n) is 12.9. The first kappa shape index (κ1) is 24.3. The lowest BCUT2D eigenvalue weighted by Gasteiger charge is -2.58. The number of ether oxygens (including phenoxy) is 1. The molecule has 3 heteroatoms. The molecule has 0 saturated heterocycles. The molecule has 9 atom stereocenters. The van der Waals surface area contributed by atoms with Crippen molar-refractivity contribution in [1.29, 1.82) is 0 Å². The molecule has 182 valence electrons. The topological polar surface area (TPSA) is 46.5 Å². The fourth-order valence-electron chi connectivity index (χ4n) is 8.90. The second-order valence-corrected chi connectivity index (χ2v) is 12.9. The summed E-state index contributed by atoms with van der Waals surface area (Å²) in [5, 5.41) is 11.0. The Hall–Kier alpha value is -0.830. The summed E-state index contributed by atoms with van der Waals surface area (Å²) in [5.41, 5.74) is 2.25. The highest BCUT2D eigenvalue weighted by molar-refractivity contribution is 5.66. The van der Waals surface area contributed by atoms with E-state index in [2.05, 4.69) is 40.7 Å². The van der Waals surface area contributed by atoms with Crippen LogP contribution in [0.5, 0.6) is 0 Å². The monoisotopic (exact) mass is 444 g/mol. The van der Waals surface area contributed by atoms with Gasteiger partial charge in [0.25, 0.3) is 0 Å². The first-order chi connectivity index (χ1) is 15.1. The van der Waals surface area contributed by atoms with Gasteiger partial charge in [-0.15, -0.1) is 0 Å². The maximum Gasteiger partial charge on any atom is 0.302 e. The van der Waals surface area contributed by atoms with Crippen LogP contribution in [0.2, 0.25) is 0 Å². The van der Waals surface area contributed by atoms with E-state index in [0.29, 0.717) is 28.6 Å². The molecule has 0 spiro atoms. The quantitative estimate of drug-likeness (QED) is 0.357. The zero-order chi connectivity index (χ0) is 23.3. The molecule has 4 aliphatic rings. The molecule has 3 saturated carbocycles. The van der Waals surface area contributed by atoms with Crippen molar-refractivity contribution >= 4 is 5.97 Å². The van der Waals surface area contributed by atoms with Crippen LogP contribution in [0.1, 0.15) is 106 Å². The molecule has 3 fully saturated rings. The van der Waals surface area contributed by atoms with Gasteiger partial charge in [-0.05, 0) is 104 Å². The van der Waals surface area contributed by atoms with Crippen molar-refractivity contribution in [3.8, 4) is 0 Å². The fraction of sp³-hybridized carbons (Fsp3) is 0.897. The predicted molar refractivity (Wildman–Crippen MR) is 130 cm³/mol. The Morgan fingerprint density at radius 2 is 1.84 bits per heavy atom. The maximum absolute atomic E-state index is 11.5. The smallest absolute Gasteiger partial charge is 0.302 e. The van der Waals surface area contributed by atoms with Gasteiger partial charge in [0, 0.05) is 13.3 Å². The molecule has 32 heavy (non-hydrogen) atoms. The lowest BCUT2D eigenvalue weighted by Crippen LogP contribution is -2.51. The summed E-state index contributed by atoms with van der Waals surface area (Å²) in [6.45, 7) is 13.5. The molecule has 0 bridgehead atoms. The van der Waals surface area contributed by atoms with Gasteiger partial charge in [-0.1, -0.05) is 46.3 Å². The molecule has 1 N–H and O–H groups in total. The number of rotatable bonds is 6. The number of carbonyl (C=O) groups is 1. The molecule has 4 aliphatic carbocycles. The minimum absolute atomic E-state index is 0.0845. The highest BCUT2D eigenvalue weighted by Crippen LogP contribution is 2.67. The van der Waals surface area contributed by atoms with Crippen molar-refractivity contribution in [2.24, 2.45) is 46.3 Å². The van der Waals surface area contributed by atoms with Gasteiger partial charge in [0.1, 0.15) is 6.10 Å². The molecular weight excluding hydrogens is 396 g/mol. The Morgan fingerprint density at radius 3 is 2.53 bits per heavy atom. The summed E-state index contributed by atoms with van der Waals surface area (Å²) in [5.74, 6) is 3.96. The van der Waals surface area contributed by atoms with E-state index in [1.165, 1.54) is 32.1 Å². The minimum Gasteiger partial charge on any atom is -0.462 e. The van der Waals surface area contributed by atoms with Crippen molar-refractivity contribution < 1.29 is 14.6 Å². The van der Waals surface area contributed by atoms with E-state index in [9.17, 15) is 9.90 Å². The number of hydrogen-bond acceptors (Lipinski definition) is 3. The first-order valence-corrected chi connectivity index (χ1v) is 13.6. The second kappa shape index (κ2) is 9.08. The number of esters is 1. The fourth-order valence-corrected chi connectivity index (χ4v) is 8.90. The number of carbonyl (C=O) groups excluding carboxylic acids is 1. The molecule has 0 aliphatic heterocycles. The van der Waals surface area contributed by atoms with Gasteiger partial charge in [-0.25, -0.2) is 0 Å². The van der Waals surface area contributed by atoms with Gasteiger partial charge in [0.2, 0.25) is 0 Å². The molecule has 0 aromatic carbocycles. The largest absolute Gasteiger partial charge is 0.462 e. The molecule has 0 radical (unpaired) electrons. The Labute approximate surface area is 196 Å². The lowest BCUT2D eigenvalue weighted by atomic mass is 9.47. The normalized spacial score (nSPS) is 43.0. The summed E-state index contributed by atoms with van der Waals surface area (Å²) in [7, 11) is 0. The third kappa shape index (κ3) is 4.21. The Bertz CT molecular complexity index is 726. The standard InChI is InChI=1S/C29H48O3/c1-18(2)7-12-27(31)19(3)24-10-11-25-23-9-8-21-17-22(32-20(4)30)13-15-28(21,5)26(23)14-16-29(24,25)6/h8,18-19,22-27,31H,7,9-17H2,1-6H3/t19-,22-,23-,24+,25-,26-,27+,28-,29+/m0/s1. The lowest BCUT2D eigenvalue weighted by molar-refractivity contribution is -0.148. The number of fused-ring (bicyclic) bond motifs is 5. The van der Waals surface area contributed by atoms with Crippen LogP contribution in [0.3, 0.4) is 0 Å². The van der Waals surface area contributed by atoms with Gasteiger partial charge < -0.3 is 9.84 Å². The summed E-state index contributed by atoms with van der Waals surface area (Å²) in [6, 6.07) is 0. The minimum atomic E-state index is -0.150. The van der Waals surface area contributed by atoms with E-state index in [4.69, 9.17) is 4.74 Å². The van der Waals surface area contributed by atoms with Gasteiger partial charge >= 0.3 is 5.97 Å². The van der Waals surface area contributed by atoms with Crippen molar-refractivity contribution in [3.63, 3.8) is 0 Å². The molecule has 3 nitrogen and oxygen atoms in total. The molecular formula is C29H48O3. The molecule has 4 rings (SSSR count). The molecule has 0 aromatic heterocycles. The zero-order valence-corrected chi connectivity index (χ0v) is 21.5. The van der Waals surface area contributed by atoms with Gasteiger partial charge in [-0.3, -0.25) is 4.79 Å². The highest BCUT2D eigenvalue weighted by Gasteiger charge is 2.59. The van der Waals surface area contributed by atoms with Gasteiger partial charge in [-0.2, -0.15) is 0 Å². The maximum atomic E-state index is 11.5. The number of allylic oxidation sites excluding steroid dienone is 1. The van der Waals surface area contributed by atoms with E-state index in [1.54, 1.807) is 12.5 Å². The Morgan fingerprint density at radius 1 is 1.09 bits per heavy atom. The van der Waals surface area contributed by atoms with Gasteiger partial charge in [0.15, 0.2) is 0 Å². The molecule has 0 heterocycles. The molecule has 0 amide bonds. The van der Waals surface area contributed by atoms with Crippen LogP contribution in [-0.2, 0) is 9.53 Å². The van der Waals surface area contributed by atoms with E-state index in [-0.39, 0.29) is 18.2 Å². The number of hydrogen-bond donors (Lipinski definition) is 1. The van der Waals surface area contributed by atoms with Crippen molar-refractivity contribution in [2.45, 2.75) is 118 Å². The Balaban J connectivity index is 1.49. The van der Waals surface area contributed by atoms with Crippen LogP contribution < -0.4 is 0 Å². The van der Waals surface area contributed by atoms with Crippen LogP contribution in [0.15, 0.2) is 11.6 Å². The zero-order valence-electron chi connectivity index (χ0n) is 21.5. The number of aliphatic hydroxyl groups excluding tert-OH is 1. The average Bonchev–Trinajstić information content (AvgIpc) is 3.08. The van der Waals surface area contributed by atoms with Crippen molar-refractivity contribution in [1.82, 2.24) is 0 Å². The first-order valence-electron chi connectivity index (χ1n) is 13.6. The molecule has 0 aromatic rings. The summed E-state index contributed by atoms with van der Waals surface area (Å²) in [6.07, 6.45) is 14.2. The SMILES string of the molecule is CC(=O)O[C@H]1CC[C@@]2(C)C(=CC[C@H]3[C@@H]4CC[C@H]([C@H](C)[C@H](O)CCC(C)C)[C@@]4(C)CC[C@@H]32)C1. The van der Waals surface area contributed by atoms with Crippen LogP contribution in [0.4, 0.5) is 0 Å². The van der Waals surface area contributed by atoms with E-state index >= 15 is 0 Å². The van der Waals surface area contributed by atoms with Crippen LogP contribution in [0, 0.1) is 46.3 Å². The Kier molecular flexibility index (Phi) is 6.90. The third-order valence-electron chi connectivity index (χ3n) is 10.7. The highest BCUT2D eigenvalue weighted by atomic mass is 16.5. The van der Waals surface area contributed by atoms with Crippen LogP contribution >= 0.6 is 0 Å². The van der Waals surface area contributed by atoms with E-state index < -0.39 is 0 Å². The average molecular weight is 445 g/mol. The van der Waals surface area contributed by atoms with E-state index in [1.807, 2.05) is 0 Å². The molecule has 0 unspecified atom stereocenters.